The average Bonchev–Trinajstić information content (AvgIpc) is 2.99. The number of carbonyl (C=O) groups excluding carboxylic acids is 3. The van der Waals surface area contributed by atoms with E-state index in [1.807, 2.05) is 0 Å². The highest BCUT2D eigenvalue weighted by Crippen LogP contribution is 2.32. The van der Waals surface area contributed by atoms with E-state index in [0.29, 0.717) is 44.3 Å². The van der Waals surface area contributed by atoms with Gasteiger partial charge in [0.05, 0.1) is 9.95 Å². The van der Waals surface area contributed by atoms with Gasteiger partial charge in [-0.25, -0.2) is 0 Å². The second-order valence-corrected chi connectivity index (χ2v) is 9.91. The van der Waals surface area contributed by atoms with Crippen LogP contribution in [-0.4, -0.2) is 29.2 Å². The fourth-order valence-corrected chi connectivity index (χ4v) is 4.14. The summed E-state index contributed by atoms with van der Waals surface area (Å²) in [5.41, 5.74) is 0.814. The van der Waals surface area contributed by atoms with Crippen LogP contribution in [-0.2, 0) is 14.3 Å². The molecule has 0 spiro atoms. The lowest BCUT2D eigenvalue weighted by Gasteiger charge is -2.09. The first-order chi connectivity index (χ1) is 20.7. The summed E-state index contributed by atoms with van der Waals surface area (Å²) < 4.78 is 16.4. The lowest BCUT2D eigenvalue weighted by molar-refractivity contribution is -0.384. The Hall–Kier alpha value is -4.93. The number of non-ortho nitro benzene ring substituents is 1. The number of nitro groups is 1. The van der Waals surface area contributed by atoms with Crippen LogP contribution >= 0.6 is 23.2 Å². The molecule has 4 rings (SSSR count). The second kappa shape index (κ2) is 14.8. The third-order valence-corrected chi connectivity index (χ3v) is 6.40. The highest BCUT2D eigenvalue weighted by molar-refractivity contribution is 6.35. The molecule has 4 aromatic rings. The van der Waals surface area contributed by atoms with Crippen LogP contribution in [0.1, 0.15) is 29.6 Å². The Balaban J connectivity index is 1.14. The van der Waals surface area contributed by atoms with Crippen molar-refractivity contribution in [1.82, 2.24) is 0 Å². The van der Waals surface area contributed by atoms with Gasteiger partial charge in [0.2, 0.25) is 5.91 Å². The number of nitro benzene ring substituents is 1. The van der Waals surface area contributed by atoms with Crippen LogP contribution in [0.15, 0.2) is 91.0 Å². The van der Waals surface area contributed by atoms with Crippen molar-refractivity contribution in [2.45, 2.75) is 19.3 Å². The fourth-order valence-electron chi connectivity index (χ4n) is 3.69. The summed E-state index contributed by atoms with van der Waals surface area (Å²) in [6.45, 7) is -0.441. The van der Waals surface area contributed by atoms with Crippen LogP contribution in [0.3, 0.4) is 0 Å². The number of ketones is 1. The number of nitrogens with one attached hydrogen (secondary N) is 1. The highest BCUT2D eigenvalue weighted by atomic mass is 35.5. The van der Waals surface area contributed by atoms with Crippen LogP contribution in [0, 0.1) is 10.1 Å². The largest absolute Gasteiger partial charge is 0.457 e. The minimum absolute atomic E-state index is 0.0304. The van der Waals surface area contributed by atoms with Gasteiger partial charge < -0.3 is 19.5 Å². The summed E-state index contributed by atoms with van der Waals surface area (Å²) in [5.74, 6) is 0.505. The number of rotatable bonds is 13. The quantitative estimate of drug-likeness (QED) is 0.0685. The second-order valence-electron chi connectivity index (χ2n) is 9.06. The number of halogens is 2. The van der Waals surface area contributed by atoms with Gasteiger partial charge in [0.15, 0.2) is 12.4 Å². The maximum absolute atomic E-state index is 12.4. The van der Waals surface area contributed by atoms with Gasteiger partial charge in [0.25, 0.3) is 5.69 Å². The molecular formula is C31H24Cl2N2O8. The molecule has 0 aliphatic carbocycles. The van der Waals surface area contributed by atoms with Crippen molar-refractivity contribution in [1.29, 1.82) is 0 Å². The molecule has 1 N–H and O–H groups in total. The lowest BCUT2D eigenvalue weighted by atomic mass is 10.1. The van der Waals surface area contributed by atoms with Crippen LogP contribution < -0.4 is 14.8 Å². The molecular weight excluding hydrogens is 599 g/mol. The number of Topliss-reactive ketones (excluding diaryl/α,β-unsaturated/α-hetero) is 1. The molecule has 0 aliphatic heterocycles. The summed E-state index contributed by atoms with van der Waals surface area (Å²) >= 11 is 12.0. The number of esters is 1. The van der Waals surface area contributed by atoms with Gasteiger partial charge in [-0.15, -0.1) is 0 Å². The van der Waals surface area contributed by atoms with Gasteiger partial charge in [-0.1, -0.05) is 23.2 Å². The van der Waals surface area contributed by atoms with Crippen molar-refractivity contribution in [3.8, 4) is 23.0 Å². The summed E-state index contributed by atoms with van der Waals surface area (Å²) in [4.78, 5) is 47.0. The SMILES string of the molecule is O=C(CCCC(=O)OCC(=O)c1ccc(Oc2ccc([N+](=O)[O-])cc2)cc1)Nc1ccc(Oc2ccc(Cl)cc2Cl)cc1. The Morgan fingerprint density at radius 1 is 0.767 bits per heavy atom. The molecule has 0 unspecified atom stereocenters. The first-order valence-corrected chi connectivity index (χ1v) is 13.7. The minimum atomic E-state index is -0.596. The maximum Gasteiger partial charge on any atom is 0.306 e. The van der Waals surface area contributed by atoms with E-state index in [4.69, 9.17) is 37.4 Å². The van der Waals surface area contributed by atoms with Crippen molar-refractivity contribution in [3.63, 3.8) is 0 Å². The molecule has 0 bridgehead atoms. The molecule has 1 amide bonds. The maximum atomic E-state index is 12.4. The predicted octanol–water partition coefficient (Wildman–Crippen LogP) is 8.02. The molecule has 12 heteroatoms. The van der Waals surface area contributed by atoms with E-state index in [2.05, 4.69) is 5.32 Å². The molecule has 0 saturated heterocycles. The van der Waals surface area contributed by atoms with Crippen molar-refractivity contribution in [2.75, 3.05) is 11.9 Å². The summed E-state index contributed by atoms with van der Waals surface area (Å²) in [7, 11) is 0. The molecule has 0 aliphatic rings. The number of amides is 1. The molecule has 0 saturated carbocycles. The van der Waals surface area contributed by atoms with Gasteiger partial charge in [0, 0.05) is 41.2 Å². The van der Waals surface area contributed by atoms with Gasteiger partial charge >= 0.3 is 5.97 Å². The van der Waals surface area contributed by atoms with Gasteiger partial charge in [-0.3, -0.25) is 24.5 Å². The Kier molecular flexibility index (Phi) is 10.7. The van der Waals surface area contributed by atoms with Crippen LogP contribution in [0.5, 0.6) is 23.0 Å². The van der Waals surface area contributed by atoms with Crippen molar-refractivity contribution in [3.05, 3.63) is 117 Å². The fraction of sp³-hybridized carbons (Fsp3) is 0.129. The number of anilines is 1. The zero-order valence-corrected chi connectivity index (χ0v) is 24.0. The summed E-state index contributed by atoms with van der Waals surface area (Å²) in [6.07, 6.45) is 0.291. The van der Waals surface area contributed by atoms with E-state index in [1.165, 1.54) is 36.4 Å². The number of carbonyl (C=O) groups is 3. The van der Waals surface area contributed by atoms with Crippen LogP contribution in [0.2, 0.25) is 10.0 Å². The molecule has 43 heavy (non-hydrogen) atoms. The normalized spacial score (nSPS) is 10.5. The third kappa shape index (κ3) is 9.56. The van der Waals surface area contributed by atoms with Crippen molar-refractivity contribution in [2.24, 2.45) is 0 Å². The molecule has 220 valence electrons. The number of ether oxygens (including phenoxy) is 3. The summed E-state index contributed by atoms with van der Waals surface area (Å²) in [5, 5.41) is 14.4. The van der Waals surface area contributed by atoms with Crippen molar-refractivity contribution < 1.29 is 33.5 Å². The van der Waals surface area contributed by atoms with Crippen molar-refractivity contribution >= 4 is 52.2 Å². The minimum Gasteiger partial charge on any atom is -0.457 e. The van der Waals surface area contributed by atoms with E-state index >= 15 is 0 Å². The molecule has 4 aromatic carbocycles. The van der Waals surface area contributed by atoms with E-state index in [1.54, 1.807) is 54.6 Å². The zero-order valence-electron chi connectivity index (χ0n) is 22.5. The Morgan fingerprint density at radius 2 is 1.37 bits per heavy atom. The van der Waals surface area contributed by atoms with E-state index < -0.39 is 23.3 Å². The van der Waals surface area contributed by atoms with E-state index in [0.717, 1.165) is 0 Å². The van der Waals surface area contributed by atoms with Crippen LogP contribution in [0.25, 0.3) is 0 Å². The van der Waals surface area contributed by atoms with Gasteiger partial charge in [0.1, 0.15) is 23.0 Å². The van der Waals surface area contributed by atoms with Gasteiger partial charge in [-0.05, 0) is 85.3 Å². The third-order valence-electron chi connectivity index (χ3n) is 5.87. The zero-order chi connectivity index (χ0) is 30.8. The Labute approximate surface area is 256 Å². The first-order valence-electron chi connectivity index (χ1n) is 12.9. The Bertz CT molecular complexity index is 1610. The average molecular weight is 623 g/mol. The highest BCUT2D eigenvalue weighted by Gasteiger charge is 2.12. The molecule has 10 nitrogen and oxygen atoms in total. The summed E-state index contributed by atoms with van der Waals surface area (Å²) in [6, 6.07) is 23.3. The van der Waals surface area contributed by atoms with E-state index in [9.17, 15) is 24.5 Å². The number of nitrogens with zero attached hydrogens (tertiary/aromatic N) is 1. The lowest BCUT2D eigenvalue weighted by Crippen LogP contribution is -2.15. The Morgan fingerprint density at radius 3 is 2.00 bits per heavy atom. The van der Waals surface area contributed by atoms with Crippen LogP contribution in [0.4, 0.5) is 11.4 Å². The number of benzene rings is 4. The standard InChI is InChI=1S/C31H24Cl2N2O8/c32-21-6-17-29(27(33)18-21)43-26-13-7-22(8-14-26)34-30(37)2-1-3-31(38)41-19-28(36)20-4-11-24(12-5-20)42-25-15-9-23(10-16-25)35(39)40/h4-18H,1-3,19H2,(H,34,37). The molecule has 0 aromatic heterocycles. The smallest absolute Gasteiger partial charge is 0.306 e. The number of hydrogen-bond acceptors (Lipinski definition) is 8. The molecule has 0 atom stereocenters. The first kappa shape index (κ1) is 31.0. The number of hydrogen-bond donors (Lipinski definition) is 1. The monoisotopic (exact) mass is 622 g/mol. The van der Waals surface area contributed by atoms with Gasteiger partial charge in [-0.2, -0.15) is 0 Å². The molecule has 0 radical (unpaired) electrons. The van der Waals surface area contributed by atoms with E-state index in [-0.39, 0.29) is 30.9 Å². The molecule has 0 fully saturated rings. The molecule has 0 heterocycles. The predicted molar refractivity (Wildman–Crippen MR) is 160 cm³/mol. The topological polar surface area (TPSA) is 134 Å².